The van der Waals surface area contributed by atoms with Crippen LogP contribution in [0.2, 0.25) is 0 Å². The molecule has 0 aliphatic rings. The van der Waals surface area contributed by atoms with Crippen LogP contribution in [0.15, 0.2) is 84.9 Å². The number of Topliss-reactive ketones (excluding diaryl/α,β-unsaturated/α-hetero) is 1. The molecule has 0 aliphatic carbocycles. The molecule has 25 heavy (non-hydrogen) atoms. The van der Waals surface area contributed by atoms with Gasteiger partial charge in [-0.15, -0.1) is 0 Å². The van der Waals surface area contributed by atoms with Gasteiger partial charge in [-0.1, -0.05) is 72.8 Å². The summed E-state index contributed by atoms with van der Waals surface area (Å²) in [5.41, 5.74) is 1.40. The van der Waals surface area contributed by atoms with Gasteiger partial charge in [-0.3, -0.25) is 4.79 Å². The Hall–Kier alpha value is -2.91. The van der Waals surface area contributed by atoms with E-state index in [0.29, 0.717) is 11.1 Å². The summed E-state index contributed by atoms with van der Waals surface area (Å²) in [5, 5.41) is 14.5. The molecular formula is C22H21NO2. The Bertz CT molecular complexity index is 846. The highest BCUT2D eigenvalue weighted by atomic mass is 16.3. The predicted octanol–water partition coefficient (Wildman–Crippen LogP) is 4.18. The first kappa shape index (κ1) is 16.9. The van der Waals surface area contributed by atoms with E-state index >= 15 is 0 Å². The quantitative estimate of drug-likeness (QED) is 0.666. The van der Waals surface area contributed by atoms with Crippen LogP contribution in [0.1, 0.15) is 21.5 Å². The Balaban J connectivity index is 1.93. The second kappa shape index (κ2) is 7.32. The van der Waals surface area contributed by atoms with Crippen LogP contribution in [0.3, 0.4) is 0 Å². The molecule has 3 heteroatoms. The topological polar surface area (TPSA) is 49.3 Å². The van der Waals surface area contributed by atoms with Gasteiger partial charge in [0.25, 0.3) is 0 Å². The van der Waals surface area contributed by atoms with Gasteiger partial charge in [0.2, 0.25) is 5.78 Å². The minimum absolute atomic E-state index is 0.0915. The maximum atomic E-state index is 13.1. The van der Waals surface area contributed by atoms with Crippen LogP contribution in [0.4, 0.5) is 5.69 Å². The molecule has 3 rings (SSSR count). The Kier molecular flexibility index (Phi) is 4.96. The van der Waals surface area contributed by atoms with Crippen molar-refractivity contribution in [3.63, 3.8) is 0 Å². The third-order valence-corrected chi connectivity index (χ3v) is 4.23. The third-order valence-electron chi connectivity index (χ3n) is 4.23. The molecule has 3 nitrogen and oxygen atoms in total. The van der Waals surface area contributed by atoms with Crippen molar-refractivity contribution in [1.82, 2.24) is 0 Å². The number of hydrogen-bond acceptors (Lipinski definition) is 3. The molecule has 0 aromatic heterocycles. The van der Waals surface area contributed by atoms with Crippen LogP contribution < -0.4 is 5.32 Å². The molecule has 3 aromatic carbocycles. The third kappa shape index (κ3) is 3.78. The molecule has 2 N–H and O–H groups in total. The summed E-state index contributed by atoms with van der Waals surface area (Å²) in [7, 11) is 0. The average Bonchev–Trinajstić information content (AvgIpc) is 2.67. The van der Waals surface area contributed by atoms with Crippen molar-refractivity contribution in [3.8, 4) is 0 Å². The van der Waals surface area contributed by atoms with E-state index in [9.17, 15) is 9.90 Å². The van der Waals surface area contributed by atoms with Crippen LogP contribution in [-0.4, -0.2) is 17.4 Å². The minimum Gasteiger partial charge on any atom is -0.381 e. The Morgan fingerprint density at radius 2 is 1.56 bits per heavy atom. The number of carbonyl (C=O) groups is 1. The molecule has 0 saturated carbocycles. The van der Waals surface area contributed by atoms with Gasteiger partial charge in [0.15, 0.2) is 5.60 Å². The molecule has 126 valence electrons. The van der Waals surface area contributed by atoms with Crippen molar-refractivity contribution in [3.05, 3.63) is 102 Å². The van der Waals surface area contributed by atoms with Crippen molar-refractivity contribution in [1.29, 1.82) is 0 Å². The fourth-order valence-electron chi connectivity index (χ4n) is 2.84. The number of ketones is 1. The Morgan fingerprint density at radius 1 is 0.920 bits per heavy atom. The number of carbonyl (C=O) groups excluding carboxylic acids is 1. The first-order valence-electron chi connectivity index (χ1n) is 8.28. The van der Waals surface area contributed by atoms with Crippen LogP contribution in [-0.2, 0) is 5.60 Å². The lowest BCUT2D eigenvalue weighted by atomic mass is 9.85. The molecule has 0 bridgehead atoms. The maximum absolute atomic E-state index is 13.1. The highest BCUT2D eigenvalue weighted by Crippen LogP contribution is 2.27. The van der Waals surface area contributed by atoms with Gasteiger partial charge in [0.05, 0.1) is 6.54 Å². The minimum atomic E-state index is -1.65. The number of rotatable bonds is 6. The first-order valence-corrected chi connectivity index (χ1v) is 8.28. The van der Waals surface area contributed by atoms with E-state index in [-0.39, 0.29) is 12.3 Å². The predicted molar refractivity (Wildman–Crippen MR) is 101 cm³/mol. The van der Waals surface area contributed by atoms with E-state index in [2.05, 4.69) is 5.32 Å². The molecule has 0 aliphatic heterocycles. The zero-order valence-corrected chi connectivity index (χ0v) is 14.1. The highest BCUT2D eigenvalue weighted by Gasteiger charge is 2.38. The smallest absolute Gasteiger partial charge is 0.200 e. The SMILES string of the molecule is Cc1cccc(NC[C@](O)(C(=O)c2ccccc2)c2ccccc2)c1. The summed E-state index contributed by atoms with van der Waals surface area (Å²) in [5.74, 6) is -0.320. The summed E-state index contributed by atoms with van der Waals surface area (Å²) in [4.78, 5) is 13.1. The van der Waals surface area contributed by atoms with Crippen molar-refractivity contribution < 1.29 is 9.90 Å². The fraction of sp³-hybridized carbons (Fsp3) is 0.136. The zero-order valence-electron chi connectivity index (χ0n) is 14.1. The normalized spacial score (nSPS) is 13.0. The molecule has 0 unspecified atom stereocenters. The van der Waals surface area contributed by atoms with Gasteiger partial charge in [-0.25, -0.2) is 0 Å². The van der Waals surface area contributed by atoms with Crippen LogP contribution in [0.5, 0.6) is 0 Å². The van der Waals surface area contributed by atoms with E-state index in [1.807, 2.05) is 55.5 Å². The van der Waals surface area contributed by atoms with E-state index in [1.165, 1.54) is 0 Å². The van der Waals surface area contributed by atoms with Crippen LogP contribution in [0, 0.1) is 6.92 Å². The van der Waals surface area contributed by atoms with E-state index in [0.717, 1.165) is 11.3 Å². The number of benzene rings is 3. The molecule has 0 radical (unpaired) electrons. The molecule has 0 heterocycles. The lowest BCUT2D eigenvalue weighted by molar-refractivity contribution is 0.0364. The van der Waals surface area contributed by atoms with Crippen molar-refractivity contribution in [2.24, 2.45) is 0 Å². The molecule has 0 fully saturated rings. The Morgan fingerprint density at radius 3 is 2.20 bits per heavy atom. The van der Waals surface area contributed by atoms with E-state index < -0.39 is 5.60 Å². The number of aryl methyl sites for hydroxylation is 1. The van der Waals surface area contributed by atoms with Gasteiger partial charge in [0, 0.05) is 11.3 Å². The van der Waals surface area contributed by atoms with E-state index in [4.69, 9.17) is 0 Å². The number of nitrogens with one attached hydrogen (secondary N) is 1. The average molecular weight is 331 g/mol. The van der Waals surface area contributed by atoms with Gasteiger partial charge in [-0.05, 0) is 30.2 Å². The standard InChI is InChI=1S/C22H21NO2/c1-17-9-8-14-20(15-17)23-16-22(25,19-12-6-3-7-13-19)21(24)18-10-4-2-5-11-18/h2-15,23,25H,16H2,1H3/t22-/m1/s1. The van der Waals surface area contributed by atoms with Crippen molar-refractivity contribution in [2.45, 2.75) is 12.5 Å². The summed E-state index contributed by atoms with van der Waals surface area (Å²) in [6.45, 7) is 2.10. The summed E-state index contributed by atoms with van der Waals surface area (Å²) in [6.07, 6.45) is 0. The molecular weight excluding hydrogens is 310 g/mol. The lowest BCUT2D eigenvalue weighted by Crippen LogP contribution is -2.42. The fourth-order valence-corrected chi connectivity index (χ4v) is 2.84. The first-order chi connectivity index (χ1) is 12.1. The second-order valence-electron chi connectivity index (χ2n) is 6.14. The van der Waals surface area contributed by atoms with Crippen LogP contribution >= 0.6 is 0 Å². The van der Waals surface area contributed by atoms with Gasteiger partial charge >= 0.3 is 0 Å². The van der Waals surface area contributed by atoms with Crippen molar-refractivity contribution in [2.75, 3.05) is 11.9 Å². The molecule has 3 aromatic rings. The van der Waals surface area contributed by atoms with Crippen LogP contribution in [0.25, 0.3) is 0 Å². The number of aliphatic hydroxyl groups is 1. The van der Waals surface area contributed by atoms with Gasteiger partial charge < -0.3 is 10.4 Å². The summed E-state index contributed by atoms with van der Waals surface area (Å²) in [6, 6.07) is 25.8. The maximum Gasteiger partial charge on any atom is 0.200 e. The number of hydrogen-bond donors (Lipinski definition) is 2. The Labute approximate surface area is 148 Å². The largest absolute Gasteiger partial charge is 0.381 e. The monoisotopic (exact) mass is 331 g/mol. The highest BCUT2D eigenvalue weighted by molar-refractivity contribution is 6.03. The molecule has 0 spiro atoms. The summed E-state index contributed by atoms with van der Waals surface area (Å²) >= 11 is 0. The zero-order chi connectivity index (χ0) is 17.7. The molecule has 1 atom stereocenters. The van der Waals surface area contributed by atoms with E-state index in [1.54, 1.807) is 36.4 Å². The van der Waals surface area contributed by atoms with Gasteiger partial charge in [0.1, 0.15) is 0 Å². The van der Waals surface area contributed by atoms with Crippen molar-refractivity contribution >= 4 is 11.5 Å². The van der Waals surface area contributed by atoms with Gasteiger partial charge in [-0.2, -0.15) is 0 Å². The molecule has 0 amide bonds. The molecule has 0 saturated heterocycles. The summed E-state index contributed by atoms with van der Waals surface area (Å²) < 4.78 is 0. The lowest BCUT2D eigenvalue weighted by Gasteiger charge is -2.28. The second-order valence-corrected chi connectivity index (χ2v) is 6.14. The number of anilines is 1.